The van der Waals surface area contributed by atoms with Crippen molar-refractivity contribution in [1.29, 1.82) is 0 Å². The first-order valence-corrected chi connectivity index (χ1v) is 10.3. The van der Waals surface area contributed by atoms with Crippen molar-refractivity contribution < 1.29 is 4.79 Å². The first kappa shape index (κ1) is 19.2. The molecule has 1 aliphatic heterocycles. The summed E-state index contributed by atoms with van der Waals surface area (Å²) < 4.78 is 0. The van der Waals surface area contributed by atoms with Gasteiger partial charge in [0.15, 0.2) is 0 Å². The Balaban J connectivity index is 1.43. The van der Waals surface area contributed by atoms with Crippen molar-refractivity contribution in [2.75, 3.05) is 18.4 Å². The molecule has 1 saturated carbocycles. The van der Waals surface area contributed by atoms with Crippen LogP contribution in [0.2, 0.25) is 5.02 Å². The Hall–Kier alpha value is -2.18. The van der Waals surface area contributed by atoms with Crippen LogP contribution in [0.25, 0.3) is 0 Å². The number of hydrogen-bond donors (Lipinski definition) is 2. The molecule has 0 aromatic carbocycles. The van der Waals surface area contributed by atoms with Gasteiger partial charge in [-0.05, 0) is 74.8 Å². The van der Waals surface area contributed by atoms with Gasteiger partial charge >= 0.3 is 0 Å². The van der Waals surface area contributed by atoms with Gasteiger partial charge in [-0.15, -0.1) is 0 Å². The van der Waals surface area contributed by atoms with Crippen LogP contribution in [-0.2, 0) is 4.79 Å². The molecule has 2 N–H and O–H groups in total. The second-order valence-corrected chi connectivity index (χ2v) is 8.29. The zero-order valence-corrected chi connectivity index (χ0v) is 16.7. The molecule has 1 aliphatic carbocycles. The molecule has 2 atom stereocenters. The monoisotopic (exact) mass is 400 g/mol. The number of halogens is 1. The van der Waals surface area contributed by atoms with Crippen LogP contribution in [0.5, 0.6) is 0 Å². The summed E-state index contributed by atoms with van der Waals surface area (Å²) in [6, 6.07) is 5.24. The standard InChI is InChI=1S/C21H25ClN4O2/c1-13(20(27)25-19-7-6-17(22)11-23-19)26-8-2-3-15(12-26)16-9-18(14-4-5-14)21(28)24-10-16/h6-7,9-11,13-15H,2-5,8,12H2,1H3,(H,24,28)(H,23,25,27). The summed E-state index contributed by atoms with van der Waals surface area (Å²) in [5, 5.41) is 3.40. The van der Waals surface area contributed by atoms with E-state index in [-0.39, 0.29) is 17.5 Å². The van der Waals surface area contributed by atoms with Crippen LogP contribution >= 0.6 is 11.6 Å². The molecule has 0 bridgehead atoms. The highest BCUT2D eigenvalue weighted by Crippen LogP contribution is 2.39. The number of aromatic nitrogens is 2. The van der Waals surface area contributed by atoms with Crippen molar-refractivity contribution in [3.63, 3.8) is 0 Å². The van der Waals surface area contributed by atoms with E-state index in [1.54, 1.807) is 12.1 Å². The summed E-state index contributed by atoms with van der Waals surface area (Å²) in [6.45, 7) is 3.62. The first-order chi connectivity index (χ1) is 13.5. The van der Waals surface area contributed by atoms with E-state index in [0.717, 1.165) is 44.3 Å². The van der Waals surface area contributed by atoms with Gasteiger partial charge in [-0.2, -0.15) is 0 Å². The Morgan fingerprint density at radius 3 is 2.86 bits per heavy atom. The molecule has 1 saturated heterocycles. The van der Waals surface area contributed by atoms with Gasteiger partial charge in [0.25, 0.3) is 5.56 Å². The van der Waals surface area contributed by atoms with E-state index in [9.17, 15) is 9.59 Å². The lowest BCUT2D eigenvalue weighted by atomic mass is 9.90. The molecule has 7 heteroatoms. The van der Waals surface area contributed by atoms with E-state index in [2.05, 4.69) is 26.3 Å². The van der Waals surface area contributed by atoms with Gasteiger partial charge in [0.05, 0.1) is 11.1 Å². The predicted octanol–water partition coefficient (Wildman–Crippen LogP) is 3.51. The van der Waals surface area contributed by atoms with Crippen LogP contribution in [0.1, 0.15) is 55.6 Å². The fraction of sp³-hybridized carbons (Fsp3) is 0.476. The Morgan fingerprint density at radius 2 is 2.14 bits per heavy atom. The summed E-state index contributed by atoms with van der Waals surface area (Å²) in [4.78, 5) is 34.0. The Morgan fingerprint density at radius 1 is 1.32 bits per heavy atom. The van der Waals surface area contributed by atoms with Crippen molar-refractivity contribution in [2.45, 2.75) is 50.5 Å². The molecular formula is C21H25ClN4O2. The fourth-order valence-electron chi connectivity index (χ4n) is 3.93. The van der Waals surface area contributed by atoms with Gasteiger partial charge in [0.2, 0.25) is 5.91 Å². The Bertz CT molecular complexity index is 907. The molecule has 2 fully saturated rings. The first-order valence-electron chi connectivity index (χ1n) is 9.90. The number of H-pyrrole nitrogens is 1. The summed E-state index contributed by atoms with van der Waals surface area (Å²) in [6.07, 6.45) is 7.69. The lowest BCUT2D eigenvalue weighted by molar-refractivity contribution is -0.121. The largest absolute Gasteiger partial charge is 0.329 e. The minimum Gasteiger partial charge on any atom is -0.329 e. The third kappa shape index (κ3) is 4.28. The normalized spacial score (nSPS) is 21.3. The van der Waals surface area contributed by atoms with Crippen molar-refractivity contribution in [3.8, 4) is 0 Å². The van der Waals surface area contributed by atoms with Gasteiger partial charge in [-0.25, -0.2) is 4.98 Å². The van der Waals surface area contributed by atoms with Crippen molar-refractivity contribution in [3.05, 3.63) is 57.1 Å². The third-order valence-electron chi connectivity index (χ3n) is 5.80. The molecule has 2 unspecified atom stereocenters. The van der Waals surface area contributed by atoms with Crippen LogP contribution in [-0.4, -0.2) is 39.9 Å². The SMILES string of the molecule is CC(C(=O)Nc1ccc(Cl)cn1)N1CCCC(c2c[nH]c(=O)c(C3CC3)c2)C1. The molecule has 148 valence electrons. The van der Waals surface area contributed by atoms with Crippen molar-refractivity contribution >= 4 is 23.3 Å². The molecule has 3 heterocycles. The highest BCUT2D eigenvalue weighted by Gasteiger charge is 2.30. The zero-order chi connectivity index (χ0) is 19.7. The van der Waals surface area contributed by atoms with Crippen LogP contribution in [0, 0.1) is 0 Å². The van der Waals surface area contributed by atoms with E-state index in [1.807, 2.05) is 13.1 Å². The highest BCUT2D eigenvalue weighted by atomic mass is 35.5. The Labute approximate surface area is 169 Å². The quantitative estimate of drug-likeness (QED) is 0.805. The second kappa shape index (κ2) is 8.05. The summed E-state index contributed by atoms with van der Waals surface area (Å²) >= 11 is 5.85. The summed E-state index contributed by atoms with van der Waals surface area (Å²) in [5.74, 6) is 1.19. The number of pyridine rings is 2. The van der Waals surface area contributed by atoms with Crippen LogP contribution in [0.4, 0.5) is 5.82 Å². The van der Waals surface area contributed by atoms with E-state index in [4.69, 9.17) is 11.6 Å². The molecule has 28 heavy (non-hydrogen) atoms. The molecule has 2 aliphatic rings. The van der Waals surface area contributed by atoms with Crippen molar-refractivity contribution in [2.24, 2.45) is 0 Å². The summed E-state index contributed by atoms with van der Waals surface area (Å²) in [7, 11) is 0. The molecule has 2 aromatic heterocycles. The van der Waals surface area contributed by atoms with E-state index < -0.39 is 0 Å². The van der Waals surface area contributed by atoms with Gasteiger partial charge in [-0.3, -0.25) is 14.5 Å². The average molecular weight is 401 g/mol. The number of aromatic amines is 1. The minimum atomic E-state index is -0.258. The lowest BCUT2D eigenvalue weighted by Gasteiger charge is -2.36. The molecule has 6 nitrogen and oxygen atoms in total. The summed E-state index contributed by atoms with van der Waals surface area (Å²) in [5.41, 5.74) is 2.15. The number of nitrogens with one attached hydrogen (secondary N) is 2. The van der Waals surface area contributed by atoms with Gasteiger partial charge < -0.3 is 10.3 Å². The number of anilines is 1. The molecule has 1 amide bonds. The van der Waals surface area contributed by atoms with Crippen molar-refractivity contribution in [1.82, 2.24) is 14.9 Å². The van der Waals surface area contributed by atoms with Crippen LogP contribution < -0.4 is 10.9 Å². The molecular weight excluding hydrogens is 376 g/mol. The van der Waals surface area contributed by atoms with E-state index in [0.29, 0.717) is 22.7 Å². The number of hydrogen-bond acceptors (Lipinski definition) is 4. The number of amides is 1. The molecule has 4 rings (SSSR count). The molecule has 2 aromatic rings. The molecule has 0 radical (unpaired) electrons. The minimum absolute atomic E-state index is 0.0436. The number of nitrogens with zero attached hydrogens (tertiary/aromatic N) is 2. The van der Waals surface area contributed by atoms with Gasteiger partial charge in [-0.1, -0.05) is 11.6 Å². The maximum absolute atomic E-state index is 12.7. The smallest absolute Gasteiger partial charge is 0.251 e. The number of likely N-dealkylation sites (tertiary alicyclic amines) is 1. The average Bonchev–Trinajstić information content (AvgIpc) is 3.55. The number of piperidine rings is 1. The van der Waals surface area contributed by atoms with Crippen LogP contribution in [0.15, 0.2) is 35.4 Å². The lowest BCUT2D eigenvalue weighted by Crippen LogP contribution is -2.46. The second-order valence-electron chi connectivity index (χ2n) is 7.85. The van der Waals surface area contributed by atoms with Gasteiger partial charge in [0.1, 0.15) is 5.82 Å². The maximum atomic E-state index is 12.7. The fourth-order valence-corrected chi connectivity index (χ4v) is 4.04. The van der Waals surface area contributed by atoms with Crippen LogP contribution in [0.3, 0.4) is 0 Å². The van der Waals surface area contributed by atoms with Gasteiger partial charge in [0, 0.05) is 24.5 Å². The topological polar surface area (TPSA) is 78.1 Å². The highest BCUT2D eigenvalue weighted by molar-refractivity contribution is 6.30. The number of carbonyl (C=O) groups is 1. The predicted molar refractivity (Wildman–Crippen MR) is 110 cm³/mol. The molecule has 0 spiro atoms. The third-order valence-corrected chi connectivity index (χ3v) is 6.03. The van der Waals surface area contributed by atoms with E-state index >= 15 is 0 Å². The van der Waals surface area contributed by atoms with E-state index in [1.165, 1.54) is 11.8 Å². The number of rotatable bonds is 5. The zero-order valence-electron chi connectivity index (χ0n) is 16.0. The maximum Gasteiger partial charge on any atom is 0.251 e. The number of carbonyl (C=O) groups excluding carboxylic acids is 1. The Kier molecular flexibility index (Phi) is 5.51.